The average molecular weight is 260 g/mol. The Morgan fingerprint density at radius 3 is 2.95 bits per heavy atom. The van der Waals surface area contributed by atoms with E-state index in [0.717, 1.165) is 6.54 Å². The van der Waals surface area contributed by atoms with Crippen LogP contribution in [0.15, 0.2) is 43.0 Å². The zero-order valence-corrected chi connectivity index (χ0v) is 11.2. The van der Waals surface area contributed by atoms with Gasteiger partial charge in [0.05, 0.1) is 18.8 Å². The number of nitrogens with one attached hydrogen (secondary N) is 1. The largest absolute Gasteiger partial charge is 0.373 e. The highest BCUT2D eigenvalue weighted by Gasteiger charge is 2.31. The number of amides is 1. The number of nitrogens with zero attached hydrogens (tertiary/aromatic N) is 1. The van der Waals surface area contributed by atoms with Crippen molar-refractivity contribution >= 4 is 5.91 Å². The topological polar surface area (TPSA) is 41.6 Å². The molecule has 4 nitrogen and oxygen atoms in total. The van der Waals surface area contributed by atoms with Crippen molar-refractivity contribution in [2.75, 3.05) is 26.7 Å². The van der Waals surface area contributed by atoms with Crippen LogP contribution in [0.25, 0.3) is 0 Å². The highest BCUT2D eigenvalue weighted by molar-refractivity contribution is 5.86. The first-order valence-electron chi connectivity index (χ1n) is 6.49. The van der Waals surface area contributed by atoms with Crippen LogP contribution >= 0.6 is 0 Å². The van der Waals surface area contributed by atoms with Crippen molar-refractivity contribution in [3.63, 3.8) is 0 Å². The van der Waals surface area contributed by atoms with E-state index in [0.29, 0.717) is 13.2 Å². The molecule has 2 atom stereocenters. The van der Waals surface area contributed by atoms with Crippen molar-refractivity contribution in [3.05, 3.63) is 48.6 Å². The standard InChI is InChI=1S/C15H20N2O2/c1-3-14(18)16-11-13-15(17(2)9-10-19-13)12-7-5-4-6-8-12/h3-8,13,15H,1,9-11H2,2H3,(H,16,18)/t13-,15-/m0/s1. The zero-order chi connectivity index (χ0) is 13.7. The Labute approximate surface area is 114 Å². The second kappa shape index (κ2) is 6.50. The van der Waals surface area contributed by atoms with Crippen molar-refractivity contribution in [1.82, 2.24) is 10.2 Å². The van der Waals surface area contributed by atoms with Gasteiger partial charge in [-0.2, -0.15) is 0 Å². The van der Waals surface area contributed by atoms with Crippen LogP contribution in [0.3, 0.4) is 0 Å². The van der Waals surface area contributed by atoms with Gasteiger partial charge in [0.25, 0.3) is 0 Å². The van der Waals surface area contributed by atoms with Crippen molar-refractivity contribution < 1.29 is 9.53 Å². The fourth-order valence-electron chi connectivity index (χ4n) is 2.43. The van der Waals surface area contributed by atoms with Gasteiger partial charge in [-0.25, -0.2) is 0 Å². The van der Waals surface area contributed by atoms with E-state index in [4.69, 9.17) is 4.74 Å². The molecule has 1 N–H and O–H groups in total. The fraction of sp³-hybridized carbons (Fsp3) is 0.400. The Bertz CT molecular complexity index is 433. The van der Waals surface area contributed by atoms with Crippen LogP contribution in [-0.2, 0) is 9.53 Å². The third-order valence-electron chi connectivity index (χ3n) is 3.41. The first-order valence-corrected chi connectivity index (χ1v) is 6.49. The van der Waals surface area contributed by atoms with Gasteiger partial charge < -0.3 is 10.1 Å². The van der Waals surface area contributed by atoms with Crippen LogP contribution in [-0.4, -0.2) is 43.7 Å². The Morgan fingerprint density at radius 1 is 1.53 bits per heavy atom. The Kier molecular flexibility index (Phi) is 4.71. The highest BCUT2D eigenvalue weighted by atomic mass is 16.5. The van der Waals surface area contributed by atoms with Gasteiger partial charge in [-0.05, 0) is 18.7 Å². The number of ether oxygens (including phenoxy) is 1. The molecule has 0 aliphatic carbocycles. The lowest BCUT2D eigenvalue weighted by atomic mass is 9.98. The molecule has 0 saturated carbocycles. The van der Waals surface area contributed by atoms with Gasteiger partial charge in [0, 0.05) is 13.1 Å². The molecule has 1 aliphatic rings. The SMILES string of the molecule is C=CC(=O)NC[C@@H]1OCCN(C)[C@H]1c1ccccc1. The first kappa shape index (κ1) is 13.8. The number of morpholine rings is 1. The van der Waals surface area contributed by atoms with Gasteiger partial charge in [0.2, 0.25) is 5.91 Å². The maximum absolute atomic E-state index is 11.3. The minimum Gasteiger partial charge on any atom is -0.373 e. The minimum absolute atomic E-state index is 0.0370. The summed E-state index contributed by atoms with van der Waals surface area (Å²) in [5.74, 6) is -0.163. The summed E-state index contributed by atoms with van der Waals surface area (Å²) in [6.45, 7) is 5.53. The lowest BCUT2D eigenvalue weighted by molar-refractivity contribution is -0.118. The molecule has 0 aromatic heterocycles. The molecule has 0 radical (unpaired) electrons. The molecule has 1 heterocycles. The molecular formula is C15H20N2O2. The monoisotopic (exact) mass is 260 g/mol. The van der Waals surface area contributed by atoms with Crippen LogP contribution in [0.5, 0.6) is 0 Å². The molecule has 0 unspecified atom stereocenters. The maximum Gasteiger partial charge on any atom is 0.243 e. The van der Waals surface area contributed by atoms with E-state index in [9.17, 15) is 4.79 Å². The van der Waals surface area contributed by atoms with E-state index < -0.39 is 0 Å². The van der Waals surface area contributed by atoms with E-state index in [-0.39, 0.29) is 18.1 Å². The molecule has 1 fully saturated rings. The molecule has 1 aromatic rings. The van der Waals surface area contributed by atoms with E-state index in [1.165, 1.54) is 11.6 Å². The molecular weight excluding hydrogens is 240 g/mol. The number of hydrogen-bond donors (Lipinski definition) is 1. The second-order valence-electron chi connectivity index (χ2n) is 4.69. The Morgan fingerprint density at radius 2 is 2.26 bits per heavy atom. The predicted molar refractivity (Wildman–Crippen MR) is 74.8 cm³/mol. The smallest absolute Gasteiger partial charge is 0.243 e. The number of carbonyl (C=O) groups excluding carboxylic acids is 1. The van der Waals surface area contributed by atoms with Crippen LogP contribution in [0, 0.1) is 0 Å². The van der Waals surface area contributed by atoms with E-state index in [2.05, 4.69) is 36.0 Å². The van der Waals surface area contributed by atoms with E-state index >= 15 is 0 Å². The quantitative estimate of drug-likeness (QED) is 0.831. The molecule has 1 amide bonds. The number of hydrogen-bond acceptors (Lipinski definition) is 3. The molecule has 4 heteroatoms. The summed E-state index contributed by atoms with van der Waals surface area (Å²) in [6, 6.07) is 10.4. The Balaban J connectivity index is 2.10. The molecule has 2 rings (SSSR count). The van der Waals surface area contributed by atoms with Crippen LogP contribution in [0.4, 0.5) is 0 Å². The number of carbonyl (C=O) groups is 1. The van der Waals surface area contributed by atoms with Crippen molar-refractivity contribution in [2.24, 2.45) is 0 Å². The minimum atomic E-state index is -0.163. The molecule has 1 saturated heterocycles. The predicted octanol–water partition coefficient (Wildman–Crippen LogP) is 1.36. The van der Waals surface area contributed by atoms with Crippen molar-refractivity contribution in [1.29, 1.82) is 0 Å². The maximum atomic E-state index is 11.3. The van der Waals surface area contributed by atoms with Crippen molar-refractivity contribution in [3.8, 4) is 0 Å². The van der Waals surface area contributed by atoms with Gasteiger partial charge in [-0.15, -0.1) is 0 Å². The van der Waals surface area contributed by atoms with Gasteiger partial charge in [0.15, 0.2) is 0 Å². The van der Waals surface area contributed by atoms with E-state index in [1.807, 2.05) is 18.2 Å². The summed E-state index contributed by atoms with van der Waals surface area (Å²) in [6.07, 6.45) is 1.24. The average Bonchev–Trinajstić information content (AvgIpc) is 2.45. The van der Waals surface area contributed by atoms with Gasteiger partial charge in [-0.3, -0.25) is 9.69 Å². The summed E-state index contributed by atoms with van der Waals surface area (Å²) in [5.41, 5.74) is 1.21. The molecule has 102 valence electrons. The first-order chi connectivity index (χ1) is 9.22. The highest BCUT2D eigenvalue weighted by Crippen LogP contribution is 2.27. The zero-order valence-electron chi connectivity index (χ0n) is 11.2. The third kappa shape index (κ3) is 3.43. The fourth-order valence-corrected chi connectivity index (χ4v) is 2.43. The summed E-state index contributed by atoms with van der Waals surface area (Å²) in [5, 5.41) is 2.81. The molecule has 0 spiro atoms. The van der Waals surface area contributed by atoms with Crippen molar-refractivity contribution in [2.45, 2.75) is 12.1 Å². The summed E-state index contributed by atoms with van der Waals surface area (Å²) in [7, 11) is 2.09. The molecule has 0 bridgehead atoms. The molecule has 19 heavy (non-hydrogen) atoms. The van der Waals surface area contributed by atoms with Crippen LogP contribution in [0.2, 0.25) is 0 Å². The summed E-state index contributed by atoms with van der Waals surface area (Å²) < 4.78 is 5.82. The lowest BCUT2D eigenvalue weighted by Crippen LogP contribution is -2.48. The van der Waals surface area contributed by atoms with Crippen LogP contribution < -0.4 is 5.32 Å². The third-order valence-corrected chi connectivity index (χ3v) is 3.41. The van der Waals surface area contributed by atoms with Gasteiger partial charge in [-0.1, -0.05) is 36.9 Å². The van der Waals surface area contributed by atoms with E-state index in [1.54, 1.807) is 0 Å². The lowest BCUT2D eigenvalue weighted by Gasteiger charge is -2.39. The Hall–Kier alpha value is -1.65. The normalized spacial score (nSPS) is 23.8. The number of rotatable bonds is 4. The van der Waals surface area contributed by atoms with Gasteiger partial charge in [0.1, 0.15) is 0 Å². The second-order valence-corrected chi connectivity index (χ2v) is 4.69. The molecule has 1 aromatic carbocycles. The summed E-state index contributed by atoms with van der Waals surface area (Å²) in [4.78, 5) is 13.5. The number of likely N-dealkylation sites (N-methyl/N-ethyl adjacent to an activating group) is 1. The summed E-state index contributed by atoms with van der Waals surface area (Å²) >= 11 is 0. The van der Waals surface area contributed by atoms with Gasteiger partial charge >= 0.3 is 0 Å². The van der Waals surface area contributed by atoms with Crippen LogP contribution in [0.1, 0.15) is 11.6 Å². The molecule has 1 aliphatic heterocycles. The number of benzene rings is 1.